The van der Waals surface area contributed by atoms with E-state index in [1.807, 2.05) is 0 Å². The fourth-order valence-corrected chi connectivity index (χ4v) is 1.51. The molecule has 1 aliphatic rings. The largest absolute Gasteiger partial charge is 0.352 e. The number of hydrazine groups is 1. The van der Waals surface area contributed by atoms with Crippen molar-refractivity contribution in [2.24, 2.45) is 11.8 Å². The number of anilines is 1. The van der Waals surface area contributed by atoms with E-state index in [0.717, 1.165) is 12.8 Å². The van der Waals surface area contributed by atoms with Crippen molar-refractivity contribution in [1.82, 2.24) is 5.32 Å². The van der Waals surface area contributed by atoms with E-state index in [0.29, 0.717) is 12.5 Å². The highest BCUT2D eigenvalue weighted by atomic mass is 19.1. The lowest BCUT2D eigenvalue weighted by molar-refractivity contribution is 0.0952. The quantitative estimate of drug-likeness (QED) is 0.531. The number of para-hydroxylation sites is 1. The molecule has 86 valence electrons. The van der Waals surface area contributed by atoms with Gasteiger partial charge in [0.2, 0.25) is 0 Å². The molecule has 5 heteroatoms. The van der Waals surface area contributed by atoms with Gasteiger partial charge in [0.05, 0.1) is 11.3 Å². The fraction of sp³-hybridized carbons (Fsp3) is 0.364. The van der Waals surface area contributed by atoms with Gasteiger partial charge in [-0.1, -0.05) is 6.07 Å². The van der Waals surface area contributed by atoms with E-state index in [1.165, 1.54) is 12.1 Å². The van der Waals surface area contributed by atoms with Gasteiger partial charge in [0, 0.05) is 6.54 Å². The van der Waals surface area contributed by atoms with Gasteiger partial charge in [-0.25, -0.2) is 4.39 Å². The predicted molar refractivity (Wildman–Crippen MR) is 59.3 cm³/mol. The second-order valence-corrected chi connectivity index (χ2v) is 3.96. The first-order chi connectivity index (χ1) is 7.72. The molecule has 0 aliphatic heterocycles. The summed E-state index contributed by atoms with van der Waals surface area (Å²) in [4.78, 5) is 11.7. The minimum atomic E-state index is -0.526. The first-order valence-corrected chi connectivity index (χ1v) is 5.25. The van der Waals surface area contributed by atoms with Crippen molar-refractivity contribution in [2.45, 2.75) is 12.8 Å². The van der Waals surface area contributed by atoms with Crippen LogP contribution in [0.2, 0.25) is 0 Å². The molecular formula is C11H14FN3O. The van der Waals surface area contributed by atoms with Gasteiger partial charge in [0.1, 0.15) is 5.82 Å². The van der Waals surface area contributed by atoms with E-state index in [2.05, 4.69) is 10.7 Å². The van der Waals surface area contributed by atoms with Crippen LogP contribution < -0.4 is 16.6 Å². The van der Waals surface area contributed by atoms with Crippen LogP contribution in [0, 0.1) is 11.7 Å². The van der Waals surface area contributed by atoms with Crippen LogP contribution in [-0.4, -0.2) is 12.5 Å². The summed E-state index contributed by atoms with van der Waals surface area (Å²) in [6.07, 6.45) is 2.32. The van der Waals surface area contributed by atoms with Crippen LogP contribution in [0.3, 0.4) is 0 Å². The molecule has 1 aromatic rings. The molecule has 1 amide bonds. The minimum Gasteiger partial charge on any atom is -0.352 e. The van der Waals surface area contributed by atoms with Crippen molar-refractivity contribution in [2.75, 3.05) is 12.0 Å². The molecule has 4 N–H and O–H groups in total. The Balaban J connectivity index is 2.11. The Morgan fingerprint density at radius 2 is 2.25 bits per heavy atom. The third kappa shape index (κ3) is 2.30. The standard InChI is InChI=1S/C11H14FN3O/c12-9-3-1-2-8(10(9)15-13)11(16)14-6-7-4-5-7/h1-3,7,15H,4-6,13H2,(H,14,16). The van der Waals surface area contributed by atoms with Gasteiger partial charge in [-0.15, -0.1) is 0 Å². The first kappa shape index (κ1) is 10.9. The molecule has 0 aromatic heterocycles. The Hall–Kier alpha value is -1.62. The van der Waals surface area contributed by atoms with E-state index >= 15 is 0 Å². The van der Waals surface area contributed by atoms with Crippen molar-refractivity contribution < 1.29 is 9.18 Å². The Morgan fingerprint density at radius 1 is 1.50 bits per heavy atom. The zero-order valence-corrected chi connectivity index (χ0v) is 8.79. The molecule has 1 aliphatic carbocycles. The molecule has 0 radical (unpaired) electrons. The van der Waals surface area contributed by atoms with Crippen LogP contribution in [0.1, 0.15) is 23.2 Å². The molecule has 0 bridgehead atoms. The maximum absolute atomic E-state index is 13.3. The highest BCUT2D eigenvalue weighted by molar-refractivity contribution is 5.99. The Morgan fingerprint density at radius 3 is 2.88 bits per heavy atom. The molecule has 1 saturated carbocycles. The number of hydrogen-bond acceptors (Lipinski definition) is 3. The number of hydrogen-bond donors (Lipinski definition) is 3. The van der Waals surface area contributed by atoms with E-state index in [-0.39, 0.29) is 17.2 Å². The van der Waals surface area contributed by atoms with Gasteiger partial charge in [-0.3, -0.25) is 10.6 Å². The molecule has 1 aromatic carbocycles. The summed E-state index contributed by atoms with van der Waals surface area (Å²) < 4.78 is 13.3. The monoisotopic (exact) mass is 223 g/mol. The summed E-state index contributed by atoms with van der Waals surface area (Å²) in [6.45, 7) is 0.652. The third-order valence-electron chi connectivity index (χ3n) is 2.65. The van der Waals surface area contributed by atoms with Gasteiger partial charge in [0.25, 0.3) is 5.91 Å². The average molecular weight is 223 g/mol. The lowest BCUT2D eigenvalue weighted by atomic mass is 10.1. The maximum Gasteiger partial charge on any atom is 0.253 e. The van der Waals surface area contributed by atoms with Crippen molar-refractivity contribution in [3.63, 3.8) is 0 Å². The van der Waals surface area contributed by atoms with Crippen LogP contribution in [0.25, 0.3) is 0 Å². The maximum atomic E-state index is 13.3. The van der Waals surface area contributed by atoms with Gasteiger partial charge in [0.15, 0.2) is 0 Å². The normalized spacial score (nSPS) is 14.6. The van der Waals surface area contributed by atoms with Crippen molar-refractivity contribution >= 4 is 11.6 Å². The number of carbonyl (C=O) groups excluding carboxylic acids is 1. The van der Waals surface area contributed by atoms with Crippen molar-refractivity contribution in [1.29, 1.82) is 0 Å². The van der Waals surface area contributed by atoms with Crippen LogP contribution >= 0.6 is 0 Å². The molecule has 1 fully saturated rings. The van der Waals surface area contributed by atoms with E-state index in [9.17, 15) is 9.18 Å². The number of rotatable bonds is 4. The summed E-state index contributed by atoms with van der Waals surface area (Å²) in [7, 11) is 0. The summed E-state index contributed by atoms with van der Waals surface area (Å²) in [5, 5.41) is 2.76. The van der Waals surface area contributed by atoms with Gasteiger partial charge in [-0.05, 0) is 30.9 Å². The number of nitrogens with two attached hydrogens (primary N) is 1. The number of nitrogens with one attached hydrogen (secondary N) is 2. The number of nitrogen functional groups attached to an aromatic ring is 1. The van der Waals surface area contributed by atoms with Crippen molar-refractivity contribution in [3.8, 4) is 0 Å². The summed E-state index contributed by atoms with van der Waals surface area (Å²) >= 11 is 0. The fourth-order valence-electron chi connectivity index (χ4n) is 1.51. The molecule has 2 rings (SSSR count). The Kier molecular flexibility index (Phi) is 3.05. The molecule has 0 saturated heterocycles. The van der Waals surface area contributed by atoms with Gasteiger partial charge in [-0.2, -0.15) is 0 Å². The molecule has 0 unspecified atom stereocenters. The third-order valence-corrected chi connectivity index (χ3v) is 2.65. The van der Waals surface area contributed by atoms with Crippen LogP contribution in [0.5, 0.6) is 0 Å². The molecule has 4 nitrogen and oxygen atoms in total. The number of carbonyl (C=O) groups is 1. The summed E-state index contributed by atoms with van der Waals surface area (Å²) in [5.41, 5.74) is 2.49. The van der Waals surface area contributed by atoms with Crippen molar-refractivity contribution in [3.05, 3.63) is 29.6 Å². The van der Waals surface area contributed by atoms with Gasteiger partial charge >= 0.3 is 0 Å². The SMILES string of the molecule is NNc1c(F)cccc1C(=O)NCC1CC1. The highest BCUT2D eigenvalue weighted by Gasteiger charge is 2.22. The van der Waals surface area contributed by atoms with E-state index < -0.39 is 5.82 Å². The molecule has 0 atom stereocenters. The number of benzene rings is 1. The topological polar surface area (TPSA) is 67.1 Å². The predicted octanol–water partition coefficient (Wildman–Crippen LogP) is 1.25. The summed E-state index contributed by atoms with van der Waals surface area (Å²) in [5.74, 6) is 4.96. The lowest BCUT2D eigenvalue weighted by Crippen LogP contribution is -2.27. The number of halogens is 1. The molecular weight excluding hydrogens is 209 g/mol. The second-order valence-electron chi connectivity index (χ2n) is 3.96. The average Bonchev–Trinajstić information content (AvgIpc) is 3.09. The smallest absolute Gasteiger partial charge is 0.253 e. The first-order valence-electron chi connectivity index (χ1n) is 5.25. The number of amides is 1. The zero-order valence-electron chi connectivity index (χ0n) is 8.79. The highest BCUT2D eigenvalue weighted by Crippen LogP contribution is 2.28. The van der Waals surface area contributed by atoms with Gasteiger partial charge < -0.3 is 10.7 Å². The zero-order chi connectivity index (χ0) is 11.5. The molecule has 16 heavy (non-hydrogen) atoms. The molecule has 0 spiro atoms. The van der Waals surface area contributed by atoms with Crippen LogP contribution in [0.15, 0.2) is 18.2 Å². The minimum absolute atomic E-state index is 0.0378. The lowest BCUT2D eigenvalue weighted by Gasteiger charge is -2.09. The second kappa shape index (κ2) is 4.49. The van der Waals surface area contributed by atoms with Crippen LogP contribution in [0.4, 0.5) is 10.1 Å². The summed E-state index contributed by atoms with van der Waals surface area (Å²) in [6, 6.07) is 4.29. The van der Waals surface area contributed by atoms with Crippen LogP contribution in [-0.2, 0) is 0 Å². The Labute approximate surface area is 93.0 Å². The Bertz CT molecular complexity index is 404. The molecule has 0 heterocycles. The van der Waals surface area contributed by atoms with E-state index in [1.54, 1.807) is 6.07 Å². The van der Waals surface area contributed by atoms with E-state index in [4.69, 9.17) is 5.84 Å².